The van der Waals surface area contributed by atoms with Gasteiger partial charge in [-0.1, -0.05) is 48.5 Å². The first kappa shape index (κ1) is 13.5. The van der Waals surface area contributed by atoms with E-state index in [1.54, 1.807) is 0 Å². The maximum atomic E-state index is 10.0. The molecule has 0 fully saturated rings. The number of hydrogen-bond acceptors (Lipinski definition) is 2. The minimum Gasteiger partial charge on any atom is -0.387 e. The summed E-state index contributed by atoms with van der Waals surface area (Å²) in [5, 5.41) is 13.3. The van der Waals surface area contributed by atoms with Crippen molar-refractivity contribution in [2.75, 3.05) is 6.54 Å². The average molecular weight is 353 g/mol. The molecule has 0 spiro atoms. The van der Waals surface area contributed by atoms with E-state index < -0.39 is 6.10 Å². The van der Waals surface area contributed by atoms with Crippen LogP contribution in [0, 0.1) is 3.57 Å². The number of hydrogen-bond donors (Lipinski definition) is 2. The molecule has 2 rings (SSSR count). The summed E-state index contributed by atoms with van der Waals surface area (Å²) in [5.41, 5.74) is 2.21. The highest BCUT2D eigenvalue weighted by Crippen LogP contribution is 2.13. The van der Waals surface area contributed by atoms with E-state index in [1.807, 2.05) is 42.5 Å². The highest BCUT2D eigenvalue weighted by molar-refractivity contribution is 14.1. The van der Waals surface area contributed by atoms with Gasteiger partial charge in [-0.15, -0.1) is 0 Å². The predicted molar refractivity (Wildman–Crippen MR) is 82.3 cm³/mol. The van der Waals surface area contributed by atoms with Crippen LogP contribution in [0.3, 0.4) is 0 Å². The Morgan fingerprint density at radius 3 is 2.39 bits per heavy atom. The zero-order chi connectivity index (χ0) is 12.8. The fourth-order valence-corrected chi connectivity index (χ4v) is 2.36. The molecule has 0 unspecified atom stereocenters. The van der Waals surface area contributed by atoms with Crippen molar-refractivity contribution in [3.8, 4) is 0 Å². The van der Waals surface area contributed by atoms with Gasteiger partial charge in [-0.25, -0.2) is 0 Å². The molecule has 0 amide bonds. The summed E-state index contributed by atoms with van der Waals surface area (Å²) >= 11 is 2.33. The van der Waals surface area contributed by atoms with Crippen LogP contribution in [0.15, 0.2) is 54.6 Å². The normalized spacial score (nSPS) is 12.3. The molecular weight excluding hydrogens is 337 g/mol. The molecule has 2 nitrogen and oxygen atoms in total. The van der Waals surface area contributed by atoms with Crippen LogP contribution in [0.25, 0.3) is 0 Å². The first-order valence-corrected chi connectivity index (χ1v) is 7.02. The third kappa shape index (κ3) is 3.80. The van der Waals surface area contributed by atoms with Crippen molar-refractivity contribution in [2.45, 2.75) is 12.6 Å². The van der Waals surface area contributed by atoms with E-state index in [9.17, 15) is 5.11 Å². The molecule has 0 aliphatic carbocycles. The molecule has 0 radical (unpaired) electrons. The van der Waals surface area contributed by atoms with Crippen LogP contribution in [0.4, 0.5) is 0 Å². The van der Waals surface area contributed by atoms with Gasteiger partial charge in [0.25, 0.3) is 0 Å². The summed E-state index contributed by atoms with van der Waals surface area (Å²) in [7, 11) is 0. The summed E-state index contributed by atoms with van der Waals surface area (Å²) in [5.74, 6) is 0. The van der Waals surface area contributed by atoms with Gasteiger partial charge in [0, 0.05) is 16.7 Å². The Morgan fingerprint density at radius 1 is 1.00 bits per heavy atom. The lowest BCUT2D eigenvalue weighted by Gasteiger charge is -2.12. The Labute approximate surface area is 121 Å². The summed E-state index contributed by atoms with van der Waals surface area (Å²) in [4.78, 5) is 0. The quantitative estimate of drug-likeness (QED) is 0.810. The largest absolute Gasteiger partial charge is 0.387 e. The highest BCUT2D eigenvalue weighted by atomic mass is 127. The molecule has 3 heteroatoms. The Balaban J connectivity index is 1.84. The van der Waals surface area contributed by atoms with Crippen LogP contribution in [0.1, 0.15) is 17.2 Å². The zero-order valence-electron chi connectivity index (χ0n) is 10.0. The van der Waals surface area contributed by atoms with Crippen LogP contribution in [0.5, 0.6) is 0 Å². The van der Waals surface area contributed by atoms with Crippen molar-refractivity contribution in [1.29, 1.82) is 0 Å². The molecule has 2 N–H and O–H groups in total. The van der Waals surface area contributed by atoms with Gasteiger partial charge >= 0.3 is 0 Å². The number of benzene rings is 2. The number of aliphatic hydroxyl groups is 1. The van der Waals surface area contributed by atoms with E-state index in [0.717, 1.165) is 12.1 Å². The molecule has 18 heavy (non-hydrogen) atoms. The van der Waals surface area contributed by atoms with Crippen LogP contribution >= 0.6 is 22.6 Å². The second-order valence-electron chi connectivity index (χ2n) is 4.15. The monoisotopic (exact) mass is 353 g/mol. The molecule has 2 aromatic rings. The van der Waals surface area contributed by atoms with Gasteiger partial charge < -0.3 is 10.4 Å². The standard InChI is InChI=1S/C15H16INO/c16-14-9-5-4-8-13(14)10-17-11-15(18)12-6-2-1-3-7-12/h1-9,15,17-18H,10-11H2/t15-/m0/s1. The van der Waals surface area contributed by atoms with Gasteiger partial charge in [-0.05, 0) is 39.8 Å². The van der Waals surface area contributed by atoms with Crippen LogP contribution in [-0.2, 0) is 6.54 Å². The maximum absolute atomic E-state index is 10.0. The van der Waals surface area contributed by atoms with Gasteiger partial charge in [-0.3, -0.25) is 0 Å². The average Bonchev–Trinajstić information content (AvgIpc) is 2.42. The summed E-state index contributed by atoms with van der Waals surface area (Å²) < 4.78 is 1.25. The third-order valence-electron chi connectivity index (χ3n) is 2.80. The van der Waals surface area contributed by atoms with Crippen molar-refractivity contribution >= 4 is 22.6 Å². The molecule has 0 aliphatic heterocycles. The van der Waals surface area contributed by atoms with E-state index in [0.29, 0.717) is 6.54 Å². The molecular formula is C15H16INO. The molecule has 0 heterocycles. The summed E-state index contributed by atoms with van der Waals surface area (Å²) in [6.07, 6.45) is -0.451. The smallest absolute Gasteiger partial charge is 0.0914 e. The molecule has 0 aliphatic rings. The lowest BCUT2D eigenvalue weighted by atomic mass is 10.1. The van der Waals surface area contributed by atoms with Crippen LogP contribution < -0.4 is 5.32 Å². The van der Waals surface area contributed by atoms with Crippen LogP contribution in [0.2, 0.25) is 0 Å². The van der Waals surface area contributed by atoms with Gasteiger partial charge in [-0.2, -0.15) is 0 Å². The maximum Gasteiger partial charge on any atom is 0.0914 e. The predicted octanol–water partition coefficient (Wildman–Crippen LogP) is 3.11. The number of halogens is 1. The third-order valence-corrected chi connectivity index (χ3v) is 3.85. The van der Waals surface area contributed by atoms with Crippen molar-refractivity contribution in [3.05, 3.63) is 69.3 Å². The zero-order valence-corrected chi connectivity index (χ0v) is 12.2. The Morgan fingerprint density at radius 2 is 1.67 bits per heavy atom. The lowest BCUT2D eigenvalue weighted by Crippen LogP contribution is -2.21. The number of aliphatic hydroxyl groups excluding tert-OH is 1. The topological polar surface area (TPSA) is 32.3 Å². The minimum atomic E-state index is -0.451. The fourth-order valence-electron chi connectivity index (χ4n) is 1.78. The molecule has 94 valence electrons. The van der Waals surface area contributed by atoms with Crippen molar-refractivity contribution in [2.24, 2.45) is 0 Å². The molecule has 0 aromatic heterocycles. The lowest BCUT2D eigenvalue weighted by molar-refractivity contribution is 0.174. The second kappa shape index (κ2) is 6.87. The Bertz CT molecular complexity index is 487. The first-order valence-electron chi connectivity index (χ1n) is 5.94. The molecule has 0 saturated heterocycles. The molecule has 2 aromatic carbocycles. The van der Waals surface area contributed by atoms with Crippen LogP contribution in [-0.4, -0.2) is 11.7 Å². The van der Waals surface area contributed by atoms with Crippen molar-refractivity contribution < 1.29 is 5.11 Å². The molecule has 1 atom stereocenters. The van der Waals surface area contributed by atoms with E-state index in [4.69, 9.17) is 0 Å². The minimum absolute atomic E-state index is 0.451. The Kier molecular flexibility index (Phi) is 5.16. The SMILES string of the molecule is O[C@@H](CNCc1ccccc1I)c1ccccc1. The Hall–Kier alpha value is -0.910. The van der Waals surface area contributed by atoms with Gasteiger partial charge in [0.05, 0.1) is 6.10 Å². The number of nitrogens with one attached hydrogen (secondary N) is 1. The van der Waals surface area contributed by atoms with E-state index in [2.05, 4.69) is 40.0 Å². The molecule has 0 saturated carbocycles. The van der Waals surface area contributed by atoms with Gasteiger partial charge in [0.2, 0.25) is 0 Å². The van der Waals surface area contributed by atoms with Gasteiger partial charge in [0.15, 0.2) is 0 Å². The number of rotatable bonds is 5. The summed E-state index contributed by atoms with van der Waals surface area (Å²) in [6.45, 7) is 1.35. The van der Waals surface area contributed by atoms with Crippen molar-refractivity contribution in [3.63, 3.8) is 0 Å². The highest BCUT2D eigenvalue weighted by Gasteiger charge is 2.06. The van der Waals surface area contributed by atoms with E-state index >= 15 is 0 Å². The fraction of sp³-hybridized carbons (Fsp3) is 0.200. The second-order valence-corrected chi connectivity index (χ2v) is 5.31. The molecule has 0 bridgehead atoms. The van der Waals surface area contributed by atoms with E-state index in [-0.39, 0.29) is 0 Å². The van der Waals surface area contributed by atoms with E-state index in [1.165, 1.54) is 9.13 Å². The first-order chi connectivity index (χ1) is 8.77. The van der Waals surface area contributed by atoms with Gasteiger partial charge in [0.1, 0.15) is 0 Å². The van der Waals surface area contributed by atoms with Crippen molar-refractivity contribution in [1.82, 2.24) is 5.32 Å². The summed E-state index contributed by atoms with van der Waals surface area (Å²) in [6, 6.07) is 18.0.